The van der Waals surface area contributed by atoms with E-state index in [1.54, 1.807) is 18.3 Å². The van der Waals surface area contributed by atoms with Crippen molar-refractivity contribution >= 4 is 21.6 Å². The molecule has 0 unspecified atom stereocenters. The van der Waals surface area contributed by atoms with E-state index in [2.05, 4.69) is 32.2 Å². The van der Waals surface area contributed by atoms with Gasteiger partial charge < -0.3 is 0 Å². The van der Waals surface area contributed by atoms with Crippen LogP contribution in [0.4, 0.5) is 0 Å². The number of fused-ring (bicyclic) bond motifs is 1. The highest BCUT2D eigenvalue weighted by atomic mass is 79.9. The molecule has 0 saturated carbocycles. The second-order valence-corrected chi connectivity index (χ2v) is 5.16. The van der Waals surface area contributed by atoms with Crippen molar-refractivity contribution in [3.63, 3.8) is 0 Å². The van der Waals surface area contributed by atoms with E-state index in [-0.39, 0.29) is 0 Å². The molecule has 3 rings (SSSR count). The van der Waals surface area contributed by atoms with Crippen molar-refractivity contribution in [2.45, 2.75) is 6.92 Å². The summed E-state index contributed by atoms with van der Waals surface area (Å²) in [5.41, 5.74) is 3.42. The topological polar surface area (TPSA) is 54.0 Å². The number of halogens is 1. The molecule has 92 valence electrons. The van der Waals surface area contributed by atoms with Gasteiger partial charge in [-0.25, -0.2) is 0 Å². The molecule has 2 heterocycles. The molecule has 5 heteroatoms. The smallest absolute Gasteiger partial charge is 0.168 e. The van der Waals surface area contributed by atoms with Crippen LogP contribution in [-0.4, -0.2) is 14.6 Å². The molecule has 0 spiro atoms. The van der Waals surface area contributed by atoms with Crippen LogP contribution in [0.1, 0.15) is 11.1 Å². The van der Waals surface area contributed by atoms with Gasteiger partial charge >= 0.3 is 0 Å². The number of aryl methyl sites for hydroxylation is 1. The third kappa shape index (κ3) is 2.00. The second-order valence-electron chi connectivity index (χ2n) is 4.24. The standard InChI is InChI=1S/C14H9BrN4/c1-9-2-4-11(15)6-12(9)14-18-17-13-5-3-10(7-16)8-19(13)14/h2-6,8H,1H3. The van der Waals surface area contributed by atoms with E-state index in [4.69, 9.17) is 5.26 Å². The molecular weight excluding hydrogens is 304 g/mol. The molecule has 4 nitrogen and oxygen atoms in total. The first kappa shape index (κ1) is 11.9. The minimum absolute atomic E-state index is 0.584. The van der Waals surface area contributed by atoms with Crippen LogP contribution in [0.25, 0.3) is 17.0 Å². The van der Waals surface area contributed by atoms with Crippen molar-refractivity contribution in [3.8, 4) is 17.5 Å². The average molecular weight is 313 g/mol. The zero-order valence-corrected chi connectivity index (χ0v) is 11.7. The SMILES string of the molecule is Cc1ccc(Br)cc1-c1nnc2ccc(C#N)cn12. The van der Waals surface area contributed by atoms with Crippen molar-refractivity contribution < 1.29 is 0 Å². The molecule has 0 aliphatic rings. The van der Waals surface area contributed by atoms with Gasteiger partial charge in [-0.05, 0) is 36.8 Å². The highest BCUT2D eigenvalue weighted by Gasteiger charge is 2.11. The summed E-state index contributed by atoms with van der Waals surface area (Å²) in [6.07, 6.45) is 1.75. The van der Waals surface area contributed by atoms with Crippen molar-refractivity contribution in [2.75, 3.05) is 0 Å². The van der Waals surface area contributed by atoms with Crippen LogP contribution < -0.4 is 0 Å². The number of rotatable bonds is 1. The van der Waals surface area contributed by atoms with Crippen LogP contribution in [-0.2, 0) is 0 Å². The Labute approximate surface area is 118 Å². The molecular formula is C14H9BrN4. The molecule has 2 aromatic heterocycles. The summed E-state index contributed by atoms with van der Waals surface area (Å²) in [5, 5.41) is 17.3. The molecule has 0 fully saturated rings. The third-order valence-corrected chi connectivity index (χ3v) is 3.47. The van der Waals surface area contributed by atoms with Gasteiger partial charge in [0.2, 0.25) is 0 Å². The maximum Gasteiger partial charge on any atom is 0.168 e. The number of benzene rings is 1. The first-order valence-electron chi connectivity index (χ1n) is 5.70. The monoisotopic (exact) mass is 312 g/mol. The maximum atomic E-state index is 8.98. The lowest BCUT2D eigenvalue weighted by molar-refractivity contribution is 1.10. The van der Waals surface area contributed by atoms with Crippen molar-refractivity contribution in [3.05, 3.63) is 52.1 Å². The van der Waals surface area contributed by atoms with Gasteiger partial charge in [-0.2, -0.15) is 5.26 Å². The molecule has 0 N–H and O–H groups in total. The molecule has 0 radical (unpaired) electrons. The number of hydrogen-bond acceptors (Lipinski definition) is 3. The van der Waals surface area contributed by atoms with Crippen molar-refractivity contribution in [2.24, 2.45) is 0 Å². The Hall–Kier alpha value is -2.19. The quantitative estimate of drug-likeness (QED) is 0.692. The number of hydrogen-bond donors (Lipinski definition) is 0. The third-order valence-electron chi connectivity index (χ3n) is 2.97. The van der Waals surface area contributed by atoms with Gasteiger partial charge in [0.05, 0.1) is 5.56 Å². The maximum absolute atomic E-state index is 8.98. The normalized spacial score (nSPS) is 10.6. The lowest BCUT2D eigenvalue weighted by Gasteiger charge is -2.05. The van der Waals surface area contributed by atoms with Gasteiger partial charge in [0.25, 0.3) is 0 Å². The molecule has 0 amide bonds. The van der Waals surface area contributed by atoms with E-state index in [9.17, 15) is 0 Å². The Morgan fingerprint density at radius 1 is 1.21 bits per heavy atom. The number of pyridine rings is 1. The second kappa shape index (κ2) is 4.48. The van der Waals surface area contributed by atoms with Gasteiger partial charge in [0.15, 0.2) is 11.5 Å². The van der Waals surface area contributed by atoms with Gasteiger partial charge in [-0.15, -0.1) is 10.2 Å². The number of nitriles is 1. The van der Waals surface area contributed by atoms with Crippen LogP contribution in [0.15, 0.2) is 41.0 Å². The first-order valence-corrected chi connectivity index (χ1v) is 6.50. The summed E-state index contributed by atoms with van der Waals surface area (Å²) in [5.74, 6) is 0.742. The Balaban J connectivity index is 2.31. The molecule has 1 aromatic carbocycles. The molecule has 0 saturated heterocycles. The average Bonchev–Trinajstić information content (AvgIpc) is 2.84. The summed E-state index contributed by atoms with van der Waals surface area (Å²) in [7, 11) is 0. The molecule has 0 atom stereocenters. The van der Waals surface area contributed by atoms with E-state index in [1.165, 1.54) is 0 Å². The Morgan fingerprint density at radius 3 is 2.84 bits per heavy atom. The predicted molar refractivity (Wildman–Crippen MR) is 75.6 cm³/mol. The highest BCUT2D eigenvalue weighted by Crippen LogP contribution is 2.26. The predicted octanol–water partition coefficient (Wildman–Crippen LogP) is 3.34. The first-order chi connectivity index (χ1) is 9.19. The van der Waals surface area contributed by atoms with Gasteiger partial charge in [-0.1, -0.05) is 22.0 Å². The van der Waals surface area contributed by atoms with Crippen LogP contribution in [0.5, 0.6) is 0 Å². The van der Waals surface area contributed by atoms with Gasteiger partial charge in [-0.3, -0.25) is 4.40 Å². The molecule has 0 bridgehead atoms. The summed E-state index contributed by atoms with van der Waals surface area (Å²) >= 11 is 3.46. The fourth-order valence-electron chi connectivity index (χ4n) is 1.98. The van der Waals surface area contributed by atoms with E-state index >= 15 is 0 Å². The Morgan fingerprint density at radius 2 is 2.05 bits per heavy atom. The van der Waals surface area contributed by atoms with Crippen molar-refractivity contribution in [1.82, 2.24) is 14.6 Å². The van der Waals surface area contributed by atoms with Crippen LogP contribution in [0, 0.1) is 18.3 Å². The summed E-state index contributed by atoms with van der Waals surface area (Å²) in [6.45, 7) is 2.02. The molecule has 19 heavy (non-hydrogen) atoms. The Kier molecular flexibility index (Phi) is 2.80. The Bertz CT molecular complexity index is 814. The fraction of sp³-hybridized carbons (Fsp3) is 0.0714. The summed E-state index contributed by atoms with van der Waals surface area (Å²) in [4.78, 5) is 0. The lowest BCUT2D eigenvalue weighted by atomic mass is 10.1. The van der Waals surface area contributed by atoms with Crippen LogP contribution >= 0.6 is 15.9 Å². The zero-order valence-electron chi connectivity index (χ0n) is 10.1. The minimum Gasteiger partial charge on any atom is -0.281 e. The lowest BCUT2D eigenvalue weighted by Crippen LogP contribution is -1.93. The summed E-state index contributed by atoms with van der Waals surface area (Å²) < 4.78 is 2.83. The van der Waals surface area contributed by atoms with Crippen molar-refractivity contribution in [1.29, 1.82) is 5.26 Å². The zero-order chi connectivity index (χ0) is 13.4. The van der Waals surface area contributed by atoms with Crippen LogP contribution in [0.3, 0.4) is 0 Å². The van der Waals surface area contributed by atoms with Gasteiger partial charge in [0.1, 0.15) is 6.07 Å². The van der Waals surface area contributed by atoms with E-state index in [0.29, 0.717) is 5.56 Å². The highest BCUT2D eigenvalue weighted by molar-refractivity contribution is 9.10. The summed E-state index contributed by atoms with van der Waals surface area (Å²) in [6, 6.07) is 11.7. The number of aromatic nitrogens is 3. The molecule has 0 aliphatic heterocycles. The number of nitrogens with zero attached hydrogens (tertiary/aromatic N) is 4. The van der Waals surface area contributed by atoms with E-state index < -0.39 is 0 Å². The minimum atomic E-state index is 0.584. The molecule has 0 aliphatic carbocycles. The van der Waals surface area contributed by atoms with E-state index in [1.807, 2.05) is 29.5 Å². The van der Waals surface area contributed by atoms with Crippen LogP contribution in [0.2, 0.25) is 0 Å². The largest absolute Gasteiger partial charge is 0.281 e. The fourth-order valence-corrected chi connectivity index (χ4v) is 2.34. The van der Waals surface area contributed by atoms with Gasteiger partial charge in [0, 0.05) is 16.2 Å². The van der Waals surface area contributed by atoms with E-state index in [0.717, 1.165) is 27.1 Å². The molecule has 3 aromatic rings.